The van der Waals surface area contributed by atoms with Gasteiger partial charge in [-0.25, -0.2) is 19.2 Å². The molecule has 0 fully saturated rings. The Balaban J connectivity index is 2.98. The molecular formula is C9H8FN3O2. The summed E-state index contributed by atoms with van der Waals surface area (Å²) in [6.45, 7) is 0. The third kappa shape index (κ3) is 2.87. The number of aromatic carboxylic acids is 1. The molecule has 78 valence electrons. The third-order valence-corrected chi connectivity index (χ3v) is 1.54. The fourth-order valence-electron chi connectivity index (χ4n) is 0.879. The molecule has 0 atom stereocenters. The molecule has 5 nitrogen and oxygen atoms in total. The molecule has 1 aromatic rings. The molecule has 6 heteroatoms. The van der Waals surface area contributed by atoms with E-state index in [9.17, 15) is 9.18 Å². The molecule has 0 aromatic heterocycles. The van der Waals surface area contributed by atoms with E-state index in [1.54, 1.807) is 0 Å². The lowest BCUT2D eigenvalue weighted by Gasteiger charge is -1.97. The monoisotopic (exact) mass is 209 g/mol. The summed E-state index contributed by atoms with van der Waals surface area (Å²) in [6, 6.07) is 3.40. The number of halogens is 1. The number of benzene rings is 1. The van der Waals surface area contributed by atoms with Gasteiger partial charge in [0.2, 0.25) is 0 Å². The van der Waals surface area contributed by atoms with Gasteiger partial charge in [-0.1, -0.05) is 0 Å². The normalized spacial score (nSPS) is 11.3. The maximum atomic E-state index is 13.2. The number of hydrogen-bond acceptors (Lipinski definition) is 2. The molecule has 0 radical (unpaired) electrons. The Kier molecular flexibility index (Phi) is 3.50. The van der Waals surface area contributed by atoms with Crippen molar-refractivity contribution in [2.75, 3.05) is 0 Å². The average Bonchev–Trinajstić information content (AvgIpc) is 2.20. The van der Waals surface area contributed by atoms with Crippen molar-refractivity contribution in [3.05, 3.63) is 29.6 Å². The van der Waals surface area contributed by atoms with Crippen LogP contribution in [0.2, 0.25) is 0 Å². The summed E-state index contributed by atoms with van der Waals surface area (Å²) in [5.41, 5.74) is 4.81. The number of aliphatic imine (C=N–C) groups is 2. The van der Waals surface area contributed by atoms with Crippen LogP contribution in [0.25, 0.3) is 0 Å². The number of nitrogens with zero attached hydrogens (tertiary/aromatic N) is 2. The molecule has 0 heterocycles. The van der Waals surface area contributed by atoms with E-state index >= 15 is 0 Å². The smallest absolute Gasteiger partial charge is 0.335 e. The van der Waals surface area contributed by atoms with E-state index < -0.39 is 11.8 Å². The van der Waals surface area contributed by atoms with Gasteiger partial charge in [-0.15, -0.1) is 0 Å². The van der Waals surface area contributed by atoms with Gasteiger partial charge in [0.25, 0.3) is 0 Å². The summed E-state index contributed by atoms with van der Waals surface area (Å²) in [7, 11) is 0. The molecule has 0 unspecified atom stereocenters. The van der Waals surface area contributed by atoms with Gasteiger partial charge in [-0.2, -0.15) is 0 Å². The van der Waals surface area contributed by atoms with Crippen LogP contribution >= 0.6 is 0 Å². The van der Waals surface area contributed by atoms with Crippen molar-refractivity contribution in [1.82, 2.24) is 0 Å². The first-order chi connectivity index (χ1) is 7.15. The SMILES string of the molecule is NC=NC=Nc1ccc(C(=O)O)cc1F. The van der Waals surface area contributed by atoms with E-state index in [2.05, 4.69) is 9.98 Å². The summed E-state index contributed by atoms with van der Waals surface area (Å²) in [5.74, 6) is -1.91. The van der Waals surface area contributed by atoms with Crippen LogP contribution in [0.15, 0.2) is 28.2 Å². The van der Waals surface area contributed by atoms with E-state index in [0.29, 0.717) is 0 Å². The van der Waals surface area contributed by atoms with Crippen molar-refractivity contribution < 1.29 is 14.3 Å². The summed E-state index contributed by atoms with van der Waals surface area (Å²) >= 11 is 0. The van der Waals surface area contributed by atoms with Crippen LogP contribution in [0.5, 0.6) is 0 Å². The first kappa shape index (κ1) is 10.8. The second kappa shape index (κ2) is 4.85. The van der Waals surface area contributed by atoms with Crippen LogP contribution < -0.4 is 5.73 Å². The Morgan fingerprint density at radius 3 is 2.80 bits per heavy atom. The van der Waals surface area contributed by atoms with Crippen molar-refractivity contribution >= 4 is 24.3 Å². The molecule has 1 aromatic carbocycles. The Labute approximate surface area is 84.8 Å². The van der Waals surface area contributed by atoms with E-state index in [1.807, 2.05) is 0 Å². The maximum absolute atomic E-state index is 13.2. The van der Waals surface area contributed by atoms with Gasteiger partial charge in [-0.3, -0.25) is 0 Å². The first-order valence-electron chi connectivity index (χ1n) is 3.94. The molecule has 0 bridgehead atoms. The molecule has 0 saturated heterocycles. The number of carboxylic acid groups (broad SMARTS) is 1. The molecule has 15 heavy (non-hydrogen) atoms. The Morgan fingerprint density at radius 2 is 2.27 bits per heavy atom. The van der Waals surface area contributed by atoms with Crippen molar-refractivity contribution in [2.24, 2.45) is 15.7 Å². The predicted octanol–water partition coefficient (Wildman–Crippen LogP) is 1.17. The number of carbonyl (C=O) groups is 1. The molecule has 0 spiro atoms. The van der Waals surface area contributed by atoms with Gasteiger partial charge >= 0.3 is 5.97 Å². The van der Waals surface area contributed by atoms with Gasteiger partial charge in [0.15, 0.2) is 0 Å². The quantitative estimate of drug-likeness (QED) is 0.578. The van der Waals surface area contributed by atoms with Gasteiger partial charge < -0.3 is 10.8 Å². The summed E-state index contributed by atoms with van der Waals surface area (Å²) < 4.78 is 13.2. The number of rotatable bonds is 3. The minimum atomic E-state index is -1.19. The highest BCUT2D eigenvalue weighted by molar-refractivity contribution is 5.88. The fourth-order valence-corrected chi connectivity index (χ4v) is 0.879. The lowest BCUT2D eigenvalue weighted by Crippen LogP contribution is -1.96. The highest BCUT2D eigenvalue weighted by Gasteiger charge is 2.06. The number of nitrogens with two attached hydrogens (primary N) is 1. The highest BCUT2D eigenvalue weighted by atomic mass is 19.1. The van der Waals surface area contributed by atoms with Gasteiger partial charge in [0, 0.05) is 0 Å². The second-order valence-electron chi connectivity index (χ2n) is 2.51. The number of hydrogen-bond donors (Lipinski definition) is 2. The van der Waals surface area contributed by atoms with E-state index in [-0.39, 0.29) is 11.3 Å². The summed E-state index contributed by atoms with van der Waals surface area (Å²) in [6.07, 6.45) is 2.08. The zero-order valence-corrected chi connectivity index (χ0v) is 7.59. The molecule has 0 saturated carbocycles. The zero-order valence-electron chi connectivity index (χ0n) is 7.59. The zero-order chi connectivity index (χ0) is 11.3. The molecule has 1 rings (SSSR count). The van der Waals surface area contributed by atoms with Gasteiger partial charge in [-0.05, 0) is 18.2 Å². The standard InChI is InChI=1S/C9H8FN3O2/c10-7-3-6(9(14)15)1-2-8(7)13-5-12-4-11/h1-5H,(H,14,15)(H2,11,12,13). The minimum Gasteiger partial charge on any atom is -0.478 e. The Bertz CT molecular complexity index is 429. The van der Waals surface area contributed by atoms with Crippen molar-refractivity contribution in [2.45, 2.75) is 0 Å². The van der Waals surface area contributed by atoms with Crippen molar-refractivity contribution in [3.63, 3.8) is 0 Å². The van der Waals surface area contributed by atoms with Crippen LogP contribution in [0.1, 0.15) is 10.4 Å². The average molecular weight is 209 g/mol. The van der Waals surface area contributed by atoms with Gasteiger partial charge in [0.05, 0.1) is 11.9 Å². The van der Waals surface area contributed by atoms with E-state index in [0.717, 1.165) is 18.7 Å². The highest BCUT2D eigenvalue weighted by Crippen LogP contribution is 2.18. The van der Waals surface area contributed by atoms with Crippen molar-refractivity contribution in [1.29, 1.82) is 0 Å². The topological polar surface area (TPSA) is 88.0 Å². The maximum Gasteiger partial charge on any atom is 0.335 e. The van der Waals surface area contributed by atoms with Crippen molar-refractivity contribution in [3.8, 4) is 0 Å². The van der Waals surface area contributed by atoms with Gasteiger partial charge in [0.1, 0.15) is 17.8 Å². The third-order valence-electron chi connectivity index (χ3n) is 1.54. The molecule has 3 N–H and O–H groups in total. The Morgan fingerprint density at radius 1 is 1.53 bits per heavy atom. The lowest BCUT2D eigenvalue weighted by molar-refractivity contribution is 0.0696. The summed E-state index contributed by atoms with van der Waals surface area (Å²) in [4.78, 5) is 17.5. The molecule has 0 aliphatic carbocycles. The van der Waals surface area contributed by atoms with Crippen LogP contribution in [-0.2, 0) is 0 Å². The molecule has 0 aliphatic rings. The largest absolute Gasteiger partial charge is 0.478 e. The fraction of sp³-hybridized carbons (Fsp3) is 0. The van der Waals surface area contributed by atoms with Crippen LogP contribution in [0.3, 0.4) is 0 Å². The summed E-state index contributed by atoms with van der Waals surface area (Å²) in [5, 5.41) is 8.57. The van der Waals surface area contributed by atoms with E-state index in [4.69, 9.17) is 10.8 Å². The molecule has 0 amide bonds. The lowest BCUT2D eigenvalue weighted by atomic mass is 10.2. The van der Waals surface area contributed by atoms with E-state index in [1.165, 1.54) is 12.1 Å². The molecule has 0 aliphatic heterocycles. The minimum absolute atomic E-state index is 0.00519. The first-order valence-corrected chi connectivity index (χ1v) is 3.94. The predicted molar refractivity (Wildman–Crippen MR) is 54.2 cm³/mol. The molecular weight excluding hydrogens is 201 g/mol. The second-order valence-corrected chi connectivity index (χ2v) is 2.51. The van der Waals surface area contributed by atoms with Crippen LogP contribution in [-0.4, -0.2) is 23.8 Å². The number of carboxylic acids is 1. The Hall–Kier alpha value is -2.24. The van der Waals surface area contributed by atoms with Crippen LogP contribution in [0, 0.1) is 5.82 Å². The van der Waals surface area contributed by atoms with Crippen LogP contribution in [0.4, 0.5) is 10.1 Å².